The van der Waals surface area contributed by atoms with E-state index in [4.69, 9.17) is 0 Å². The first-order valence-corrected chi connectivity index (χ1v) is 6.23. The van der Waals surface area contributed by atoms with Gasteiger partial charge in [-0.15, -0.1) is 0 Å². The lowest BCUT2D eigenvalue weighted by molar-refractivity contribution is -0.153. The largest absolute Gasteiger partial charge is 0.481 e. The Morgan fingerprint density at radius 2 is 1.93 bits per heavy atom. The van der Waals surface area contributed by atoms with Gasteiger partial charge in [-0.25, -0.2) is 0 Å². The van der Waals surface area contributed by atoms with Crippen molar-refractivity contribution in [3.05, 3.63) is 0 Å². The van der Waals surface area contributed by atoms with E-state index in [-0.39, 0.29) is 0 Å². The van der Waals surface area contributed by atoms with Crippen molar-refractivity contribution >= 4 is 5.97 Å². The normalized spacial score (nSPS) is 31.9. The predicted octanol–water partition coefficient (Wildman–Crippen LogP) is 3.70. The molecule has 0 radical (unpaired) electrons. The highest BCUT2D eigenvalue weighted by Crippen LogP contribution is 2.44. The Bertz CT molecular complexity index is 213. The maximum atomic E-state index is 11.4. The van der Waals surface area contributed by atoms with Crippen LogP contribution >= 0.6 is 0 Å². The van der Waals surface area contributed by atoms with Crippen molar-refractivity contribution in [2.75, 3.05) is 0 Å². The van der Waals surface area contributed by atoms with Gasteiger partial charge in [-0.1, -0.05) is 27.2 Å². The van der Waals surface area contributed by atoms with E-state index in [2.05, 4.69) is 20.8 Å². The molecule has 0 aromatic carbocycles. The van der Waals surface area contributed by atoms with Crippen LogP contribution in [-0.2, 0) is 4.79 Å². The summed E-state index contributed by atoms with van der Waals surface area (Å²) in [5.41, 5.74) is -0.403. The summed E-state index contributed by atoms with van der Waals surface area (Å²) in [5.74, 6) is 0.690. The maximum Gasteiger partial charge on any atom is 0.309 e. The maximum absolute atomic E-state index is 11.4. The first-order chi connectivity index (χ1) is 7.00. The lowest BCUT2D eigenvalue weighted by Gasteiger charge is -2.37. The van der Waals surface area contributed by atoms with Gasteiger partial charge in [0.15, 0.2) is 0 Å². The van der Waals surface area contributed by atoms with Gasteiger partial charge in [0.25, 0.3) is 0 Å². The topological polar surface area (TPSA) is 37.3 Å². The molecule has 0 atom stereocenters. The van der Waals surface area contributed by atoms with Crippen molar-refractivity contribution in [2.24, 2.45) is 17.3 Å². The molecule has 0 heterocycles. The Balaban J connectivity index is 2.65. The Morgan fingerprint density at radius 3 is 2.27 bits per heavy atom. The third-order valence-electron chi connectivity index (χ3n) is 3.89. The fraction of sp³-hybridized carbons (Fsp3) is 0.923. The van der Waals surface area contributed by atoms with Crippen molar-refractivity contribution in [3.63, 3.8) is 0 Å². The van der Waals surface area contributed by atoms with Crippen LogP contribution in [0.25, 0.3) is 0 Å². The van der Waals surface area contributed by atoms with Crippen molar-refractivity contribution in [3.8, 4) is 0 Å². The summed E-state index contributed by atoms with van der Waals surface area (Å²) in [4.78, 5) is 11.4. The van der Waals surface area contributed by atoms with Crippen molar-refractivity contribution in [2.45, 2.75) is 59.3 Å². The van der Waals surface area contributed by atoms with Crippen LogP contribution in [0.1, 0.15) is 59.3 Å². The van der Waals surface area contributed by atoms with E-state index >= 15 is 0 Å². The second-order valence-electron chi connectivity index (χ2n) is 5.54. The molecule has 0 bridgehead atoms. The van der Waals surface area contributed by atoms with Gasteiger partial charge in [0.2, 0.25) is 0 Å². The highest BCUT2D eigenvalue weighted by Gasteiger charge is 2.41. The van der Waals surface area contributed by atoms with Gasteiger partial charge in [0.1, 0.15) is 0 Å². The molecule has 1 N–H and O–H groups in total. The number of hydrogen-bond acceptors (Lipinski definition) is 1. The smallest absolute Gasteiger partial charge is 0.309 e. The summed E-state index contributed by atoms with van der Waals surface area (Å²) >= 11 is 0. The van der Waals surface area contributed by atoms with E-state index in [9.17, 15) is 9.90 Å². The SMILES string of the molecule is CCC1CCC(CC(C)C)(C(=O)O)CC1. The number of hydrogen-bond donors (Lipinski definition) is 1. The zero-order valence-electron chi connectivity index (χ0n) is 10.3. The molecule has 1 fully saturated rings. The summed E-state index contributed by atoms with van der Waals surface area (Å²) in [5, 5.41) is 9.40. The van der Waals surface area contributed by atoms with Gasteiger partial charge >= 0.3 is 5.97 Å². The van der Waals surface area contributed by atoms with E-state index < -0.39 is 11.4 Å². The van der Waals surface area contributed by atoms with Crippen LogP contribution in [0.15, 0.2) is 0 Å². The molecule has 1 aliphatic carbocycles. The lowest BCUT2D eigenvalue weighted by atomic mass is 9.66. The molecule has 2 heteroatoms. The van der Waals surface area contributed by atoms with E-state index in [0.29, 0.717) is 5.92 Å². The van der Waals surface area contributed by atoms with E-state index in [1.54, 1.807) is 0 Å². The molecule has 2 nitrogen and oxygen atoms in total. The number of carboxylic acid groups (broad SMARTS) is 1. The van der Waals surface area contributed by atoms with Crippen LogP contribution in [0.3, 0.4) is 0 Å². The molecule has 0 amide bonds. The fourth-order valence-corrected chi connectivity index (χ4v) is 2.93. The number of rotatable bonds is 4. The van der Waals surface area contributed by atoms with E-state index in [1.165, 1.54) is 6.42 Å². The number of carbonyl (C=O) groups is 1. The van der Waals surface area contributed by atoms with E-state index in [0.717, 1.165) is 38.0 Å². The zero-order valence-corrected chi connectivity index (χ0v) is 10.3. The molecule has 0 aromatic heterocycles. The second kappa shape index (κ2) is 5.00. The molecule has 0 saturated heterocycles. The Labute approximate surface area is 93.1 Å². The lowest BCUT2D eigenvalue weighted by Crippen LogP contribution is -2.36. The first kappa shape index (κ1) is 12.5. The van der Waals surface area contributed by atoms with Crippen LogP contribution in [0.5, 0.6) is 0 Å². The molecule has 0 aliphatic heterocycles. The summed E-state index contributed by atoms with van der Waals surface area (Å²) in [6.45, 7) is 6.45. The van der Waals surface area contributed by atoms with Gasteiger partial charge in [0.05, 0.1) is 5.41 Å². The Morgan fingerprint density at radius 1 is 1.40 bits per heavy atom. The molecule has 1 rings (SSSR count). The molecule has 1 aliphatic rings. The highest BCUT2D eigenvalue weighted by molar-refractivity contribution is 5.74. The van der Waals surface area contributed by atoms with Crippen molar-refractivity contribution in [1.82, 2.24) is 0 Å². The Kier molecular flexibility index (Phi) is 4.18. The molecule has 0 unspecified atom stereocenters. The van der Waals surface area contributed by atoms with Gasteiger partial charge in [0, 0.05) is 0 Å². The standard InChI is InChI=1S/C13H24O2/c1-4-11-5-7-13(8-6-11,12(14)15)9-10(2)3/h10-11H,4-9H2,1-3H3,(H,14,15). The first-order valence-electron chi connectivity index (χ1n) is 6.23. The third kappa shape index (κ3) is 2.96. The fourth-order valence-electron chi connectivity index (χ4n) is 2.93. The van der Waals surface area contributed by atoms with Crippen LogP contribution in [0, 0.1) is 17.3 Å². The van der Waals surface area contributed by atoms with Gasteiger partial charge < -0.3 is 5.11 Å². The van der Waals surface area contributed by atoms with Gasteiger partial charge in [-0.3, -0.25) is 4.79 Å². The molecule has 1 saturated carbocycles. The highest BCUT2D eigenvalue weighted by atomic mass is 16.4. The van der Waals surface area contributed by atoms with Crippen LogP contribution < -0.4 is 0 Å². The minimum Gasteiger partial charge on any atom is -0.481 e. The molecule has 15 heavy (non-hydrogen) atoms. The molecular formula is C13H24O2. The number of aliphatic carboxylic acids is 1. The average Bonchev–Trinajstić information content (AvgIpc) is 2.17. The average molecular weight is 212 g/mol. The zero-order chi connectivity index (χ0) is 11.5. The summed E-state index contributed by atoms with van der Waals surface area (Å²) in [7, 11) is 0. The summed E-state index contributed by atoms with van der Waals surface area (Å²) < 4.78 is 0. The predicted molar refractivity (Wildman–Crippen MR) is 61.8 cm³/mol. The summed E-state index contributed by atoms with van der Waals surface area (Å²) in [6, 6.07) is 0. The minimum absolute atomic E-state index is 0.403. The molecule has 88 valence electrons. The molecule has 0 spiro atoms. The minimum atomic E-state index is -0.564. The van der Waals surface area contributed by atoms with Gasteiger partial charge in [-0.2, -0.15) is 0 Å². The van der Waals surface area contributed by atoms with Crippen molar-refractivity contribution < 1.29 is 9.90 Å². The Hall–Kier alpha value is -0.530. The van der Waals surface area contributed by atoms with Gasteiger partial charge in [-0.05, 0) is 43.9 Å². The monoisotopic (exact) mass is 212 g/mol. The van der Waals surface area contributed by atoms with Crippen LogP contribution in [-0.4, -0.2) is 11.1 Å². The van der Waals surface area contributed by atoms with Crippen molar-refractivity contribution in [1.29, 1.82) is 0 Å². The summed E-state index contributed by atoms with van der Waals surface area (Å²) in [6.07, 6.45) is 6.04. The molecular weight excluding hydrogens is 188 g/mol. The third-order valence-corrected chi connectivity index (χ3v) is 3.89. The van der Waals surface area contributed by atoms with Crippen LogP contribution in [0.2, 0.25) is 0 Å². The van der Waals surface area contributed by atoms with E-state index in [1.807, 2.05) is 0 Å². The second-order valence-corrected chi connectivity index (χ2v) is 5.54. The van der Waals surface area contributed by atoms with Crippen LogP contribution in [0.4, 0.5) is 0 Å². The quantitative estimate of drug-likeness (QED) is 0.771. The number of carboxylic acids is 1. The molecule has 0 aromatic rings.